The smallest absolute Gasteiger partial charge is 0.415 e. The van der Waals surface area contributed by atoms with Crippen LogP contribution in [0.4, 0.5) is 26.3 Å². The summed E-state index contributed by atoms with van der Waals surface area (Å²) in [6.45, 7) is 23.8. The summed E-state index contributed by atoms with van der Waals surface area (Å²) in [6, 6.07) is 44.3. The lowest BCUT2D eigenvalue weighted by Crippen LogP contribution is -2.44. The average Bonchev–Trinajstić information content (AvgIpc) is 1.99. The number of hydrogen-bond acceptors (Lipinski definition) is 8. The molecule has 3 N–H and O–H groups in total. The van der Waals surface area contributed by atoms with Gasteiger partial charge in [0, 0.05) is 73.5 Å². The zero-order valence-corrected chi connectivity index (χ0v) is 61.9. The predicted octanol–water partition coefficient (Wildman–Crippen LogP) is 21.0. The molecule has 0 aliphatic carbocycles. The Kier molecular flexibility index (Phi) is 39.0. The molecule has 0 aromatic heterocycles. The maximum atomic E-state index is 12.5. The fraction of sp³-hybridized carbons (Fsp3) is 0.443. The van der Waals surface area contributed by atoms with Crippen LogP contribution in [0, 0.1) is 0 Å². The van der Waals surface area contributed by atoms with E-state index in [1.807, 2.05) is 146 Å². The summed E-state index contributed by atoms with van der Waals surface area (Å²) in [7, 11) is 0. The van der Waals surface area contributed by atoms with Gasteiger partial charge >= 0.3 is 18.3 Å². The molecule has 8 nitrogen and oxygen atoms in total. The first-order valence-electron chi connectivity index (χ1n) is 28.5. The van der Waals surface area contributed by atoms with Gasteiger partial charge in [0.05, 0.1) is 19.6 Å². The minimum atomic E-state index is -4.61. The van der Waals surface area contributed by atoms with Gasteiger partial charge in [-0.25, -0.2) is 0 Å². The zero-order valence-electron chi connectivity index (χ0n) is 52.4. The first-order valence-corrected chi connectivity index (χ1v) is 33.3. The van der Waals surface area contributed by atoms with E-state index in [-0.39, 0.29) is 36.2 Å². The van der Waals surface area contributed by atoms with Gasteiger partial charge < -0.3 is 29.6 Å². The second kappa shape index (κ2) is 40.6. The molecule has 500 valence electrons. The summed E-state index contributed by atoms with van der Waals surface area (Å²) in [5.74, 6) is 0.136. The molecule has 6 aromatic rings. The molecule has 0 amide bonds. The van der Waals surface area contributed by atoms with Gasteiger partial charge in [0.15, 0.2) is 12.2 Å². The molecule has 1 saturated heterocycles. The Morgan fingerprint density at radius 2 is 0.811 bits per heavy atom. The number of alkyl halides is 6. The first-order chi connectivity index (χ1) is 41.1. The molecular weight excluding hydrogens is 1560 g/mol. The van der Waals surface area contributed by atoms with Crippen molar-refractivity contribution in [1.82, 2.24) is 0 Å². The molecule has 0 spiro atoms. The number of carbonyl (C=O) groups is 3. The first kappa shape index (κ1) is 86.4. The van der Waals surface area contributed by atoms with E-state index in [0.717, 1.165) is 75.0 Å². The number of aliphatic hydroxyl groups excluding tert-OH is 3. The Hall–Kier alpha value is -3.57. The van der Waals surface area contributed by atoms with Gasteiger partial charge in [-0.2, -0.15) is 26.3 Å². The van der Waals surface area contributed by atoms with Gasteiger partial charge in [0.25, 0.3) is 0 Å². The van der Waals surface area contributed by atoms with Crippen molar-refractivity contribution in [3.8, 4) is 0 Å². The molecule has 1 aliphatic rings. The molecule has 0 bridgehead atoms. The van der Waals surface area contributed by atoms with Crippen LogP contribution in [-0.2, 0) is 57.4 Å². The fourth-order valence-electron chi connectivity index (χ4n) is 7.89. The summed E-state index contributed by atoms with van der Waals surface area (Å²) >= 11 is 19.8. The van der Waals surface area contributed by atoms with E-state index in [4.69, 9.17) is 14.6 Å². The number of aldehydes is 1. The second-order valence-corrected chi connectivity index (χ2v) is 29.0. The van der Waals surface area contributed by atoms with Crippen molar-refractivity contribution >= 4 is 114 Å². The van der Waals surface area contributed by atoms with Crippen LogP contribution in [0.15, 0.2) is 172 Å². The Bertz CT molecular complexity index is 2910. The van der Waals surface area contributed by atoms with Crippen LogP contribution >= 0.6 is 95.6 Å². The summed E-state index contributed by atoms with van der Waals surface area (Å²) < 4.78 is 90.2. The lowest BCUT2D eigenvalue weighted by molar-refractivity contribution is -0.221. The number of benzene rings is 6. The highest BCUT2D eigenvalue weighted by molar-refractivity contribution is 9.11. The number of rotatable bonds is 15. The summed E-state index contributed by atoms with van der Waals surface area (Å²) in [5, 5.41) is 27.7. The third-order valence-corrected chi connectivity index (χ3v) is 17.4. The van der Waals surface area contributed by atoms with Crippen molar-refractivity contribution in [3.63, 3.8) is 0 Å². The molecule has 90 heavy (non-hydrogen) atoms. The van der Waals surface area contributed by atoms with Crippen LogP contribution < -0.4 is 0 Å². The summed E-state index contributed by atoms with van der Waals surface area (Å²) in [5.41, 5.74) is 1.55. The highest BCUT2D eigenvalue weighted by Crippen LogP contribution is 2.38. The molecule has 1 heterocycles. The minimum Gasteiger partial charge on any atom is -0.466 e. The van der Waals surface area contributed by atoms with Gasteiger partial charge in [-0.1, -0.05) is 224 Å². The molecule has 0 saturated carbocycles. The molecule has 6 aromatic carbocycles. The molecular formula is C70H88Br6F6O8. The largest absolute Gasteiger partial charge is 0.466 e. The third-order valence-electron chi connectivity index (χ3n) is 14.2. The molecule has 1 fully saturated rings. The topological polar surface area (TPSA) is 130 Å². The number of halogens is 12. The Morgan fingerprint density at radius 1 is 0.511 bits per heavy atom. The van der Waals surface area contributed by atoms with Crippen LogP contribution in [0.1, 0.15) is 150 Å². The van der Waals surface area contributed by atoms with E-state index in [1.165, 1.54) is 40.5 Å². The number of carbonyl (C=O) groups excluding carboxylic acids is 3. The van der Waals surface area contributed by atoms with Crippen molar-refractivity contribution in [1.29, 1.82) is 0 Å². The highest BCUT2D eigenvalue weighted by Gasteiger charge is 2.49. The van der Waals surface area contributed by atoms with Crippen molar-refractivity contribution in [3.05, 3.63) is 206 Å². The van der Waals surface area contributed by atoms with Crippen LogP contribution in [0.5, 0.6) is 0 Å². The van der Waals surface area contributed by atoms with Gasteiger partial charge in [0.1, 0.15) is 12.1 Å². The number of aliphatic hydroxyl groups is 3. The van der Waals surface area contributed by atoms with Crippen LogP contribution in [0.25, 0.3) is 0 Å². The van der Waals surface area contributed by atoms with Crippen molar-refractivity contribution in [2.45, 2.75) is 174 Å². The van der Waals surface area contributed by atoms with Crippen LogP contribution in [0.2, 0.25) is 0 Å². The highest BCUT2D eigenvalue weighted by atomic mass is 79.9. The van der Waals surface area contributed by atoms with Crippen molar-refractivity contribution < 1.29 is 65.5 Å². The molecule has 2 atom stereocenters. The average molecular weight is 1650 g/mol. The Balaban J connectivity index is 0.00000104. The zero-order chi connectivity index (χ0) is 68.2. The minimum absolute atomic E-state index is 0. The third kappa shape index (κ3) is 31.1. The molecule has 0 unspecified atom stereocenters. The predicted molar refractivity (Wildman–Crippen MR) is 374 cm³/mol. The molecule has 20 heteroatoms. The number of ether oxygens (including phenoxy) is 2. The van der Waals surface area contributed by atoms with Gasteiger partial charge in [-0.15, -0.1) is 0 Å². The van der Waals surface area contributed by atoms with E-state index in [2.05, 4.69) is 95.6 Å². The number of esters is 1. The van der Waals surface area contributed by atoms with Gasteiger partial charge in [0.2, 0.25) is 0 Å². The number of Topliss-reactive ketones (excluding diaryl/α,β-unsaturated/α-hetero) is 1. The monoisotopic (exact) mass is 1640 g/mol. The maximum absolute atomic E-state index is 12.5. The van der Waals surface area contributed by atoms with Crippen LogP contribution in [0.3, 0.4) is 0 Å². The quantitative estimate of drug-likeness (QED) is 0.0527. The number of ketones is 1. The standard InChI is InChI=1S/C13H17BrO.2C11H12BrF3O.C10H11BrO2.C10H13BrO.C10H11BrO.C4H8O.CH4/c1-4-5-12(15)13(2,3)10-6-8-11(14)9-7-10;2*1-10(2,9(16)11(13,14)15)7-3-5-8(12)6-4-7;1-2-13-10(12)7-8-3-5-9(11)6-4-8;2*1-10(2,7-12)8-3-5-9(11)6-4-8;1-2-4-5-3-1;/h6-9H,4-5H2,1-3H3;2*3-6,9,16H,1-2H3;3-6H,2,7H2,1H3;3-6,12H,7H2,1-2H3;3-7H,1-2H3;1-4H2;1H4/t;2*9-;;;;;/m.10...../s1. The summed E-state index contributed by atoms with van der Waals surface area (Å²) in [6.07, 6.45) is -8.53. The van der Waals surface area contributed by atoms with Gasteiger partial charge in [-0.3, -0.25) is 9.59 Å². The Morgan fingerprint density at radius 3 is 1.08 bits per heavy atom. The summed E-state index contributed by atoms with van der Waals surface area (Å²) in [4.78, 5) is 33.7. The fourth-order valence-corrected chi connectivity index (χ4v) is 9.48. The van der Waals surface area contributed by atoms with E-state index in [0.29, 0.717) is 36.4 Å². The van der Waals surface area contributed by atoms with E-state index >= 15 is 0 Å². The SMILES string of the molecule is C.C1CCOC1.CC(C)(C=O)c1ccc(Br)cc1.CC(C)(CO)c1ccc(Br)cc1.CC(C)(c1ccc(Br)cc1)[C@@H](O)C(F)(F)F.CC(C)(c1ccc(Br)cc1)[C@H](O)C(F)(F)F.CCCC(=O)C(C)(C)c1ccc(Br)cc1.CCOC(=O)Cc1ccc(Br)cc1. The maximum Gasteiger partial charge on any atom is 0.415 e. The lowest BCUT2D eigenvalue weighted by Gasteiger charge is -2.32. The van der Waals surface area contributed by atoms with Crippen molar-refractivity contribution in [2.24, 2.45) is 0 Å². The van der Waals surface area contributed by atoms with E-state index in [1.54, 1.807) is 55.5 Å². The van der Waals surface area contributed by atoms with Gasteiger partial charge in [-0.05, 0) is 160 Å². The van der Waals surface area contributed by atoms with E-state index in [9.17, 15) is 50.9 Å². The molecule has 0 radical (unpaired) electrons. The molecule has 7 rings (SSSR count). The Labute approximate surface area is 580 Å². The van der Waals surface area contributed by atoms with E-state index < -0.39 is 35.4 Å². The number of hydrogen-bond donors (Lipinski definition) is 3. The van der Waals surface area contributed by atoms with Crippen LogP contribution in [-0.4, -0.2) is 84.3 Å². The second-order valence-electron chi connectivity index (χ2n) is 23.5. The normalized spacial score (nSPS) is 13.0. The lowest BCUT2D eigenvalue weighted by atomic mass is 9.79. The molecule has 1 aliphatic heterocycles. The van der Waals surface area contributed by atoms with Crippen molar-refractivity contribution in [2.75, 3.05) is 26.4 Å².